The van der Waals surface area contributed by atoms with E-state index in [4.69, 9.17) is 10.5 Å². The monoisotopic (exact) mass is 356 g/mol. The van der Waals surface area contributed by atoms with Crippen molar-refractivity contribution in [1.82, 2.24) is 4.98 Å². The minimum absolute atomic E-state index is 0.0384. The first-order valence-electron chi connectivity index (χ1n) is 7.40. The molecule has 0 radical (unpaired) electrons. The number of nitrogens with one attached hydrogen (secondary N) is 1. The molecule has 0 aliphatic heterocycles. The quantitative estimate of drug-likeness (QED) is 0.603. The van der Waals surface area contributed by atoms with Crippen LogP contribution in [0.3, 0.4) is 0 Å². The van der Waals surface area contributed by atoms with Gasteiger partial charge in [-0.3, -0.25) is 4.79 Å². The van der Waals surface area contributed by atoms with Crippen molar-refractivity contribution in [3.63, 3.8) is 0 Å². The van der Waals surface area contributed by atoms with Crippen molar-refractivity contribution < 1.29 is 14.3 Å². The number of para-hydroxylation sites is 1. The number of carbonyl (C=O) groups is 2. The molecule has 0 saturated carbocycles. The molecule has 0 saturated heterocycles. The Labute approximate surface area is 149 Å². The summed E-state index contributed by atoms with van der Waals surface area (Å²) in [6.07, 6.45) is 0. The van der Waals surface area contributed by atoms with E-state index in [1.807, 2.05) is 24.3 Å². The molecule has 25 heavy (non-hydrogen) atoms. The number of hydrogen-bond acceptors (Lipinski definition) is 7. The van der Waals surface area contributed by atoms with Crippen LogP contribution in [0.4, 0.5) is 11.5 Å². The number of nitriles is 1. The number of thioether (sulfide) groups is 1. The van der Waals surface area contributed by atoms with Crippen LogP contribution < -0.4 is 11.1 Å². The second kappa shape index (κ2) is 8.70. The molecule has 7 nitrogen and oxygen atoms in total. The highest BCUT2D eigenvalue weighted by atomic mass is 32.2. The summed E-state index contributed by atoms with van der Waals surface area (Å²) < 4.78 is 4.87. The molecule has 1 aromatic carbocycles. The van der Waals surface area contributed by atoms with Gasteiger partial charge in [-0.2, -0.15) is 5.26 Å². The van der Waals surface area contributed by atoms with Crippen LogP contribution in [0.25, 0.3) is 0 Å². The zero-order valence-electron chi connectivity index (χ0n) is 13.5. The van der Waals surface area contributed by atoms with Gasteiger partial charge in [0, 0.05) is 5.69 Å². The van der Waals surface area contributed by atoms with Gasteiger partial charge in [0.2, 0.25) is 5.91 Å². The Morgan fingerprint density at radius 1 is 1.36 bits per heavy atom. The van der Waals surface area contributed by atoms with Gasteiger partial charge in [-0.15, -0.1) is 0 Å². The molecular weight excluding hydrogens is 340 g/mol. The standard InChI is InChI=1S/C17H16N4O3S/c1-2-24-17(23)13-8-11(9-18)16(21-15(13)19)25-10-14(22)20-12-6-4-3-5-7-12/h3-8H,2,10H2,1H3,(H2,19,21)(H,20,22). The predicted octanol–water partition coefficient (Wildman–Crippen LogP) is 2.44. The minimum Gasteiger partial charge on any atom is -0.462 e. The maximum Gasteiger partial charge on any atom is 0.341 e. The number of nitrogen functional groups attached to an aromatic ring is 1. The summed E-state index contributed by atoms with van der Waals surface area (Å²) in [6.45, 7) is 1.86. The third-order valence-electron chi connectivity index (χ3n) is 3.03. The molecule has 0 spiro atoms. The second-order valence-corrected chi connectivity index (χ2v) is 5.77. The number of anilines is 2. The minimum atomic E-state index is -0.637. The number of benzene rings is 1. The zero-order chi connectivity index (χ0) is 18.2. The first kappa shape index (κ1) is 18.3. The smallest absolute Gasteiger partial charge is 0.341 e. The molecule has 1 amide bonds. The predicted molar refractivity (Wildman–Crippen MR) is 95.1 cm³/mol. The van der Waals surface area contributed by atoms with Crippen LogP contribution in [0.1, 0.15) is 22.8 Å². The highest BCUT2D eigenvalue weighted by Gasteiger charge is 2.17. The van der Waals surface area contributed by atoms with E-state index in [1.54, 1.807) is 19.1 Å². The van der Waals surface area contributed by atoms with Gasteiger partial charge in [-0.05, 0) is 25.1 Å². The number of rotatable bonds is 6. The van der Waals surface area contributed by atoms with Gasteiger partial charge >= 0.3 is 5.97 Å². The summed E-state index contributed by atoms with van der Waals surface area (Å²) in [4.78, 5) is 27.8. The van der Waals surface area contributed by atoms with Crippen molar-refractivity contribution in [2.75, 3.05) is 23.4 Å². The number of amides is 1. The maximum absolute atomic E-state index is 12.0. The lowest BCUT2D eigenvalue weighted by atomic mass is 10.2. The average molecular weight is 356 g/mol. The van der Waals surface area contributed by atoms with Crippen LogP contribution >= 0.6 is 11.8 Å². The van der Waals surface area contributed by atoms with Gasteiger partial charge in [-0.1, -0.05) is 30.0 Å². The van der Waals surface area contributed by atoms with Crippen LogP contribution in [-0.4, -0.2) is 29.2 Å². The van der Waals surface area contributed by atoms with Crippen molar-refractivity contribution >= 4 is 35.1 Å². The molecule has 8 heteroatoms. The third kappa shape index (κ3) is 4.96. The van der Waals surface area contributed by atoms with E-state index in [0.717, 1.165) is 11.8 Å². The van der Waals surface area contributed by atoms with E-state index >= 15 is 0 Å². The maximum atomic E-state index is 12.0. The van der Waals surface area contributed by atoms with E-state index in [-0.39, 0.29) is 40.2 Å². The van der Waals surface area contributed by atoms with Crippen molar-refractivity contribution in [3.05, 3.63) is 47.5 Å². The summed E-state index contributed by atoms with van der Waals surface area (Å²) in [5.41, 5.74) is 6.65. The SMILES string of the molecule is CCOC(=O)c1cc(C#N)c(SCC(=O)Nc2ccccc2)nc1N. The van der Waals surface area contributed by atoms with Gasteiger partial charge in [0.05, 0.1) is 17.9 Å². The number of aromatic nitrogens is 1. The van der Waals surface area contributed by atoms with Gasteiger partial charge in [0.25, 0.3) is 0 Å². The second-order valence-electron chi connectivity index (χ2n) is 4.81. The Balaban J connectivity index is 2.09. The van der Waals surface area contributed by atoms with Gasteiger partial charge in [-0.25, -0.2) is 9.78 Å². The Morgan fingerprint density at radius 3 is 2.72 bits per heavy atom. The van der Waals surface area contributed by atoms with E-state index in [9.17, 15) is 14.9 Å². The van der Waals surface area contributed by atoms with E-state index in [0.29, 0.717) is 5.69 Å². The Morgan fingerprint density at radius 2 is 2.08 bits per heavy atom. The van der Waals surface area contributed by atoms with Crippen LogP contribution in [0, 0.1) is 11.3 Å². The summed E-state index contributed by atoms with van der Waals surface area (Å²) in [6, 6.07) is 12.3. The number of hydrogen-bond donors (Lipinski definition) is 2. The molecule has 0 bridgehead atoms. The van der Waals surface area contributed by atoms with Crippen molar-refractivity contribution in [2.24, 2.45) is 0 Å². The van der Waals surface area contributed by atoms with E-state index in [1.165, 1.54) is 6.07 Å². The topological polar surface area (TPSA) is 118 Å². The van der Waals surface area contributed by atoms with E-state index < -0.39 is 5.97 Å². The van der Waals surface area contributed by atoms with Crippen molar-refractivity contribution in [2.45, 2.75) is 11.9 Å². The lowest BCUT2D eigenvalue weighted by Crippen LogP contribution is -2.15. The normalized spacial score (nSPS) is 9.92. The third-order valence-corrected chi connectivity index (χ3v) is 4.02. The van der Waals surface area contributed by atoms with Crippen LogP contribution in [0.15, 0.2) is 41.4 Å². The Kier molecular flexibility index (Phi) is 6.37. The van der Waals surface area contributed by atoms with Gasteiger partial charge in [0.15, 0.2) is 0 Å². The van der Waals surface area contributed by atoms with Crippen molar-refractivity contribution in [1.29, 1.82) is 5.26 Å². The molecule has 1 heterocycles. The van der Waals surface area contributed by atoms with Crippen LogP contribution in [-0.2, 0) is 9.53 Å². The summed E-state index contributed by atoms with van der Waals surface area (Å²) in [5, 5.41) is 12.3. The molecule has 0 atom stereocenters. The fourth-order valence-corrected chi connectivity index (χ4v) is 2.69. The van der Waals surface area contributed by atoms with Crippen LogP contribution in [0.5, 0.6) is 0 Å². The molecule has 128 valence electrons. The number of esters is 1. The molecule has 0 aliphatic rings. The van der Waals surface area contributed by atoms with Crippen LogP contribution in [0.2, 0.25) is 0 Å². The van der Waals surface area contributed by atoms with Gasteiger partial charge < -0.3 is 15.8 Å². The Hall–Kier alpha value is -3.05. The number of nitrogens with zero attached hydrogens (tertiary/aromatic N) is 2. The Bertz CT molecular complexity index is 819. The molecule has 2 rings (SSSR count). The molecule has 0 aliphatic carbocycles. The molecular formula is C17H16N4O3S. The lowest BCUT2D eigenvalue weighted by molar-refractivity contribution is -0.113. The number of nitrogens with two attached hydrogens (primary N) is 1. The molecule has 0 unspecified atom stereocenters. The largest absolute Gasteiger partial charge is 0.462 e. The highest BCUT2D eigenvalue weighted by molar-refractivity contribution is 8.00. The zero-order valence-corrected chi connectivity index (χ0v) is 14.3. The highest BCUT2D eigenvalue weighted by Crippen LogP contribution is 2.24. The summed E-state index contributed by atoms with van der Waals surface area (Å²) in [7, 11) is 0. The summed E-state index contributed by atoms with van der Waals surface area (Å²) in [5.74, 6) is -0.866. The summed E-state index contributed by atoms with van der Waals surface area (Å²) >= 11 is 1.07. The fourth-order valence-electron chi connectivity index (χ4n) is 1.92. The van der Waals surface area contributed by atoms with Gasteiger partial charge in [0.1, 0.15) is 22.5 Å². The molecule has 2 aromatic rings. The molecule has 1 aromatic heterocycles. The first-order valence-corrected chi connectivity index (χ1v) is 8.39. The molecule has 0 fully saturated rings. The van der Waals surface area contributed by atoms with E-state index in [2.05, 4.69) is 10.3 Å². The molecule has 3 N–H and O–H groups in total. The number of pyridine rings is 1. The number of carbonyl (C=O) groups excluding carboxylic acids is 2. The first-order chi connectivity index (χ1) is 12.0. The lowest BCUT2D eigenvalue weighted by Gasteiger charge is -2.09. The fraction of sp³-hybridized carbons (Fsp3) is 0.176. The average Bonchev–Trinajstić information content (AvgIpc) is 2.61. The number of ether oxygens (including phenoxy) is 1. The van der Waals surface area contributed by atoms with Crippen molar-refractivity contribution in [3.8, 4) is 6.07 Å².